The Hall–Kier alpha value is -1.33. The first-order chi connectivity index (χ1) is 8.70. The minimum absolute atomic E-state index is 0.0179. The third-order valence-electron chi connectivity index (χ3n) is 2.79. The van der Waals surface area contributed by atoms with Crippen molar-refractivity contribution in [3.05, 3.63) is 58.1 Å². The van der Waals surface area contributed by atoms with E-state index in [1.807, 2.05) is 13.1 Å². The average molecular weight is 310 g/mol. The Kier molecular flexibility index (Phi) is 4.38. The lowest BCUT2D eigenvalue weighted by molar-refractivity contribution is 0.552. The van der Waals surface area contributed by atoms with Crippen LogP contribution in [0.2, 0.25) is 0 Å². The highest BCUT2D eigenvalue weighted by atomic mass is 79.9. The van der Waals surface area contributed by atoms with E-state index >= 15 is 0 Å². The van der Waals surface area contributed by atoms with Crippen molar-refractivity contribution >= 4 is 15.9 Å². The molecule has 0 bridgehead atoms. The van der Waals surface area contributed by atoms with Crippen LogP contribution in [0, 0.1) is 5.82 Å². The molecule has 0 spiro atoms. The summed E-state index contributed by atoms with van der Waals surface area (Å²) in [6, 6.07) is 6.86. The molecule has 2 aromatic rings. The van der Waals surface area contributed by atoms with Crippen LogP contribution in [0.4, 0.5) is 4.39 Å². The Bertz CT molecular complexity index is 519. The molecule has 0 saturated heterocycles. The Balaban J connectivity index is 2.23. The smallest absolute Gasteiger partial charge is 0.126 e. The zero-order chi connectivity index (χ0) is 13.0. The molecule has 1 atom stereocenters. The molecule has 0 amide bonds. The number of hydrogen-bond donors (Lipinski definition) is 1. The lowest BCUT2D eigenvalue weighted by Crippen LogP contribution is -2.19. The molecular weight excluding hydrogens is 297 g/mol. The third kappa shape index (κ3) is 3.11. The predicted molar refractivity (Wildman–Crippen MR) is 71.6 cm³/mol. The number of nitrogens with one attached hydrogen (secondary N) is 1. The fraction of sp³-hybridized carbons (Fsp3) is 0.231. The van der Waals surface area contributed by atoms with Gasteiger partial charge in [0.05, 0.1) is 6.20 Å². The Morgan fingerprint density at radius 2 is 2.17 bits per heavy atom. The zero-order valence-electron chi connectivity index (χ0n) is 9.90. The summed E-state index contributed by atoms with van der Waals surface area (Å²) in [7, 11) is 1.85. The molecule has 0 aliphatic rings. The van der Waals surface area contributed by atoms with Gasteiger partial charge in [0, 0.05) is 16.7 Å². The average Bonchev–Trinajstić information content (AvgIpc) is 2.41. The number of rotatable bonds is 4. The number of aromatic nitrogens is 2. The second-order valence-corrected chi connectivity index (χ2v) is 4.87. The minimum atomic E-state index is -0.194. The van der Waals surface area contributed by atoms with Crippen LogP contribution in [0.25, 0.3) is 0 Å². The first-order valence-electron chi connectivity index (χ1n) is 5.58. The van der Waals surface area contributed by atoms with Crippen LogP contribution in [0.15, 0.2) is 41.1 Å². The quantitative estimate of drug-likeness (QED) is 0.943. The van der Waals surface area contributed by atoms with E-state index in [1.54, 1.807) is 24.5 Å². The van der Waals surface area contributed by atoms with E-state index in [-0.39, 0.29) is 11.9 Å². The molecule has 2 rings (SSSR count). The molecule has 0 saturated carbocycles. The molecule has 18 heavy (non-hydrogen) atoms. The van der Waals surface area contributed by atoms with Gasteiger partial charge in [-0.05, 0) is 48.9 Å². The van der Waals surface area contributed by atoms with Gasteiger partial charge in [-0.2, -0.15) is 10.2 Å². The number of halogens is 2. The largest absolute Gasteiger partial charge is 0.313 e. The highest BCUT2D eigenvalue weighted by Gasteiger charge is 2.13. The van der Waals surface area contributed by atoms with E-state index in [4.69, 9.17) is 0 Å². The van der Waals surface area contributed by atoms with E-state index in [0.29, 0.717) is 12.0 Å². The van der Waals surface area contributed by atoms with E-state index in [2.05, 4.69) is 31.4 Å². The summed E-state index contributed by atoms with van der Waals surface area (Å²) < 4.78 is 14.6. The van der Waals surface area contributed by atoms with Gasteiger partial charge < -0.3 is 5.32 Å². The number of nitrogens with zero attached hydrogens (tertiary/aromatic N) is 2. The van der Waals surface area contributed by atoms with Gasteiger partial charge in [-0.3, -0.25) is 0 Å². The predicted octanol–water partition coefficient (Wildman–Crippen LogP) is 2.88. The zero-order valence-corrected chi connectivity index (χ0v) is 11.5. The van der Waals surface area contributed by atoms with Crippen LogP contribution in [0.3, 0.4) is 0 Å². The van der Waals surface area contributed by atoms with Gasteiger partial charge in [0.25, 0.3) is 0 Å². The van der Waals surface area contributed by atoms with Crippen LogP contribution < -0.4 is 5.32 Å². The van der Waals surface area contributed by atoms with Crippen molar-refractivity contribution in [3.63, 3.8) is 0 Å². The maximum Gasteiger partial charge on any atom is 0.126 e. The first kappa shape index (κ1) is 13.1. The Morgan fingerprint density at radius 3 is 2.83 bits per heavy atom. The van der Waals surface area contributed by atoms with Crippen molar-refractivity contribution < 1.29 is 4.39 Å². The van der Waals surface area contributed by atoms with Crippen molar-refractivity contribution in [2.75, 3.05) is 7.05 Å². The van der Waals surface area contributed by atoms with Gasteiger partial charge >= 0.3 is 0 Å². The number of benzene rings is 1. The minimum Gasteiger partial charge on any atom is -0.313 e. The number of likely N-dealkylation sites (N-methyl/N-ethyl adjacent to an activating group) is 1. The molecule has 1 aromatic carbocycles. The van der Waals surface area contributed by atoms with Crippen LogP contribution in [-0.2, 0) is 6.42 Å². The molecule has 0 aliphatic carbocycles. The maximum absolute atomic E-state index is 13.7. The molecule has 0 radical (unpaired) electrons. The standard InChI is InChI=1S/C13H13BrFN3/c1-16-13(9-4-5-17-18-8-9)7-10-6-11(14)2-3-12(10)15/h2-6,8,13,16H,7H2,1H3. The van der Waals surface area contributed by atoms with E-state index < -0.39 is 0 Å². The summed E-state index contributed by atoms with van der Waals surface area (Å²) in [4.78, 5) is 0. The second kappa shape index (κ2) is 6.02. The number of hydrogen-bond acceptors (Lipinski definition) is 3. The van der Waals surface area contributed by atoms with Crippen molar-refractivity contribution in [1.29, 1.82) is 0 Å². The van der Waals surface area contributed by atoms with Crippen LogP contribution in [0.1, 0.15) is 17.2 Å². The molecule has 5 heteroatoms. The summed E-state index contributed by atoms with van der Waals surface area (Å²) in [5, 5.41) is 10.7. The molecule has 1 unspecified atom stereocenters. The fourth-order valence-corrected chi connectivity index (χ4v) is 2.22. The summed E-state index contributed by atoms with van der Waals surface area (Å²) in [6.07, 6.45) is 3.89. The molecule has 3 nitrogen and oxygen atoms in total. The molecule has 1 N–H and O–H groups in total. The van der Waals surface area contributed by atoms with Gasteiger partial charge in [0.2, 0.25) is 0 Å². The Labute approximate surface area is 114 Å². The second-order valence-electron chi connectivity index (χ2n) is 3.96. The normalized spacial score (nSPS) is 12.4. The van der Waals surface area contributed by atoms with Crippen molar-refractivity contribution in [2.45, 2.75) is 12.5 Å². The first-order valence-corrected chi connectivity index (χ1v) is 6.38. The van der Waals surface area contributed by atoms with Crippen LogP contribution >= 0.6 is 15.9 Å². The third-order valence-corrected chi connectivity index (χ3v) is 3.28. The van der Waals surface area contributed by atoms with E-state index in [0.717, 1.165) is 10.0 Å². The molecule has 1 aromatic heterocycles. The monoisotopic (exact) mass is 309 g/mol. The van der Waals surface area contributed by atoms with E-state index in [9.17, 15) is 4.39 Å². The summed E-state index contributed by atoms with van der Waals surface area (Å²) in [5.74, 6) is -0.194. The van der Waals surface area contributed by atoms with Gasteiger partial charge in [-0.25, -0.2) is 4.39 Å². The molecular formula is C13H13BrFN3. The van der Waals surface area contributed by atoms with Crippen LogP contribution in [-0.4, -0.2) is 17.2 Å². The summed E-state index contributed by atoms with van der Waals surface area (Å²) >= 11 is 3.35. The van der Waals surface area contributed by atoms with Gasteiger partial charge in [-0.1, -0.05) is 15.9 Å². The molecule has 94 valence electrons. The van der Waals surface area contributed by atoms with Crippen LogP contribution in [0.5, 0.6) is 0 Å². The lowest BCUT2D eigenvalue weighted by Gasteiger charge is -2.16. The van der Waals surface area contributed by atoms with Gasteiger partial charge in [0.15, 0.2) is 0 Å². The molecule has 0 aliphatic heterocycles. The Morgan fingerprint density at radius 1 is 1.33 bits per heavy atom. The molecule has 0 fully saturated rings. The highest BCUT2D eigenvalue weighted by molar-refractivity contribution is 9.10. The molecule has 1 heterocycles. The SMILES string of the molecule is CNC(Cc1cc(Br)ccc1F)c1ccnnc1. The highest BCUT2D eigenvalue weighted by Crippen LogP contribution is 2.22. The van der Waals surface area contributed by atoms with Crippen molar-refractivity contribution in [3.8, 4) is 0 Å². The lowest BCUT2D eigenvalue weighted by atomic mass is 10.0. The fourth-order valence-electron chi connectivity index (χ4n) is 1.81. The summed E-state index contributed by atoms with van der Waals surface area (Å²) in [5.41, 5.74) is 1.66. The maximum atomic E-state index is 13.7. The van der Waals surface area contributed by atoms with Gasteiger partial charge in [0.1, 0.15) is 5.82 Å². The van der Waals surface area contributed by atoms with Crippen molar-refractivity contribution in [1.82, 2.24) is 15.5 Å². The van der Waals surface area contributed by atoms with Gasteiger partial charge in [-0.15, -0.1) is 0 Å². The van der Waals surface area contributed by atoms with Crippen molar-refractivity contribution in [2.24, 2.45) is 0 Å². The summed E-state index contributed by atoms with van der Waals surface area (Å²) in [6.45, 7) is 0. The topological polar surface area (TPSA) is 37.8 Å². The van der Waals surface area contributed by atoms with E-state index in [1.165, 1.54) is 6.07 Å².